The molecule has 4 rings (SSSR count). The van der Waals surface area contributed by atoms with Gasteiger partial charge in [0.15, 0.2) is 0 Å². The molecule has 168 valence electrons. The molecule has 7 nitrogen and oxygen atoms in total. The van der Waals surface area contributed by atoms with Crippen molar-refractivity contribution >= 4 is 5.91 Å². The highest BCUT2D eigenvalue weighted by Crippen LogP contribution is 2.24. The summed E-state index contributed by atoms with van der Waals surface area (Å²) in [5.41, 5.74) is 4.70. The summed E-state index contributed by atoms with van der Waals surface area (Å²) in [7, 11) is 1.88. The van der Waals surface area contributed by atoms with Crippen LogP contribution in [0.4, 0.5) is 0 Å². The van der Waals surface area contributed by atoms with E-state index in [1.165, 1.54) is 0 Å². The van der Waals surface area contributed by atoms with E-state index in [9.17, 15) is 4.79 Å². The lowest BCUT2D eigenvalue weighted by Crippen LogP contribution is -2.38. The van der Waals surface area contributed by atoms with Crippen molar-refractivity contribution in [1.29, 1.82) is 0 Å². The van der Waals surface area contributed by atoms with Crippen molar-refractivity contribution in [3.8, 4) is 16.9 Å². The van der Waals surface area contributed by atoms with Crippen LogP contribution in [0.3, 0.4) is 0 Å². The molecule has 0 radical (unpaired) electrons. The summed E-state index contributed by atoms with van der Waals surface area (Å²) in [4.78, 5) is 15.2. The van der Waals surface area contributed by atoms with E-state index in [2.05, 4.69) is 15.3 Å². The van der Waals surface area contributed by atoms with Crippen LogP contribution in [0.25, 0.3) is 11.1 Å². The Balaban J connectivity index is 1.37. The molecule has 1 aromatic heterocycles. The third kappa shape index (κ3) is 5.55. The summed E-state index contributed by atoms with van der Waals surface area (Å²) in [5, 5.41) is 7.27. The van der Waals surface area contributed by atoms with Crippen LogP contribution in [0.5, 0.6) is 5.75 Å². The zero-order valence-electron chi connectivity index (χ0n) is 18.7. The van der Waals surface area contributed by atoms with Crippen molar-refractivity contribution in [2.75, 3.05) is 39.5 Å². The topological polar surface area (TPSA) is 68.6 Å². The van der Waals surface area contributed by atoms with Gasteiger partial charge in [0, 0.05) is 56.1 Å². The Hall–Kier alpha value is -3.16. The summed E-state index contributed by atoms with van der Waals surface area (Å²) < 4.78 is 13.2. The smallest absolute Gasteiger partial charge is 0.251 e. The Morgan fingerprint density at radius 2 is 2.00 bits per heavy atom. The number of hydrogen-bond acceptors (Lipinski definition) is 5. The molecule has 1 amide bonds. The second kappa shape index (κ2) is 10.4. The van der Waals surface area contributed by atoms with E-state index in [1.807, 2.05) is 68.8 Å². The van der Waals surface area contributed by atoms with Crippen LogP contribution in [-0.2, 0) is 18.3 Å². The molecule has 7 heteroatoms. The number of hydrogen-bond donors (Lipinski definition) is 1. The first-order chi connectivity index (χ1) is 15.6. The van der Waals surface area contributed by atoms with Gasteiger partial charge in [-0.25, -0.2) is 0 Å². The van der Waals surface area contributed by atoms with E-state index in [1.54, 1.807) is 4.68 Å². The molecule has 0 atom stereocenters. The van der Waals surface area contributed by atoms with E-state index in [0.29, 0.717) is 18.7 Å². The quantitative estimate of drug-likeness (QED) is 0.590. The molecule has 32 heavy (non-hydrogen) atoms. The van der Waals surface area contributed by atoms with Crippen LogP contribution in [0.15, 0.2) is 54.9 Å². The molecule has 0 saturated carbocycles. The van der Waals surface area contributed by atoms with Crippen molar-refractivity contribution < 1.29 is 14.3 Å². The first-order valence-corrected chi connectivity index (χ1v) is 11.0. The van der Waals surface area contributed by atoms with E-state index in [-0.39, 0.29) is 5.91 Å². The predicted octanol–water partition coefficient (Wildman–Crippen LogP) is 3.04. The molecule has 1 aliphatic heterocycles. The minimum absolute atomic E-state index is 0.113. The fraction of sp³-hybridized carbons (Fsp3) is 0.360. The minimum atomic E-state index is -0.113. The molecule has 1 fully saturated rings. The second-order valence-corrected chi connectivity index (χ2v) is 8.03. The Morgan fingerprint density at radius 1 is 1.19 bits per heavy atom. The van der Waals surface area contributed by atoms with Gasteiger partial charge in [0.1, 0.15) is 12.4 Å². The van der Waals surface area contributed by atoms with Gasteiger partial charge in [0.2, 0.25) is 0 Å². The minimum Gasteiger partial charge on any atom is -0.492 e. The van der Waals surface area contributed by atoms with E-state index < -0.39 is 0 Å². The Morgan fingerprint density at radius 3 is 2.78 bits per heavy atom. The van der Waals surface area contributed by atoms with Gasteiger partial charge in [-0.15, -0.1) is 0 Å². The number of rotatable bonds is 8. The summed E-state index contributed by atoms with van der Waals surface area (Å²) in [6.45, 7) is 7.37. The van der Waals surface area contributed by atoms with Crippen LogP contribution in [0.2, 0.25) is 0 Å². The first-order valence-electron chi connectivity index (χ1n) is 11.0. The van der Waals surface area contributed by atoms with Gasteiger partial charge >= 0.3 is 0 Å². The van der Waals surface area contributed by atoms with Gasteiger partial charge in [0.25, 0.3) is 5.91 Å². The summed E-state index contributed by atoms with van der Waals surface area (Å²) >= 11 is 0. The maximum Gasteiger partial charge on any atom is 0.251 e. The standard InChI is InChI=1S/C25H30N4O3/c1-19-7-8-20(15-23(19)22-17-27-28(2)18-22)25(30)26-16-21-5-3-4-6-24(21)32-14-11-29-9-12-31-13-10-29/h3-8,15,17-18H,9-14,16H2,1-2H3,(H,26,30). The van der Waals surface area contributed by atoms with Crippen molar-refractivity contribution in [1.82, 2.24) is 20.0 Å². The summed E-state index contributed by atoms with van der Waals surface area (Å²) in [6.07, 6.45) is 3.77. The molecule has 1 aliphatic rings. The monoisotopic (exact) mass is 434 g/mol. The van der Waals surface area contributed by atoms with E-state index in [0.717, 1.165) is 60.9 Å². The van der Waals surface area contributed by atoms with Crippen LogP contribution < -0.4 is 10.1 Å². The largest absolute Gasteiger partial charge is 0.492 e. The Bertz CT molecular complexity index is 1060. The number of para-hydroxylation sites is 1. The van der Waals surface area contributed by atoms with Crippen LogP contribution >= 0.6 is 0 Å². The Labute approximate surface area is 188 Å². The fourth-order valence-electron chi connectivity index (χ4n) is 3.81. The number of benzene rings is 2. The highest BCUT2D eigenvalue weighted by molar-refractivity contribution is 5.95. The summed E-state index contributed by atoms with van der Waals surface area (Å²) in [5.74, 6) is 0.694. The highest BCUT2D eigenvalue weighted by Gasteiger charge is 2.13. The number of nitrogens with zero attached hydrogens (tertiary/aromatic N) is 3. The van der Waals surface area contributed by atoms with Crippen molar-refractivity contribution in [3.05, 3.63) is 71.5 Å². The van der Waals surface area contributed by atoms with Crippen LogP contribution in [0, 0.1) is 6.92 Å². The lowest BCUT2D eigenvalue weighted by atomic mass is 10.00. The normalized spacial score (nSPS) is 14.3. The predicted molar refractivity (Wildman–Crippen MR) is 124 cm³/mol. The maximum atomic E-state index is 12.9. The van der Waals surface area contributed by atoms with E-state index in [4.69, 9.17) is 9.47 Å². The average Bonchev–Trinajstić information content (AvgIpc) is 3.25. The summed E-state index contributed by atoms with van der Waals surface area (Å²) in [6, 6.07) is 13.6. The molecule has 2 aromatic carbocycles. The zero-order chi connectivity index (χ0) is 22.3. The number of amides is 1. The molecular formula is C25H30N4O3. The van der Waals surface area contributed by atoms with Gasteiger partial charge in [0.05, 0.1) is 19.4 Å². The molecule has 0 spiro atoms. The third-order valence-corrected chi connectivity index (χ3v) is 5.70. The number of aromatic nitrogens is 2. The van der Waals surface area contributed by atoms with Gasteiger partial charge in [-0.1, -0.05) is 24.3 Å². The lowest BCUT2D eigenvalue weighted by Gasteiger charge is -2.26. The molecule has 3 aromatic rings. The zero-order valence-corrected chi connectivity index (χ0v) is 18.7. The van der Waals surface area contributed by atoms with Gasteiger partial charge in [-0.2, -0.15) is 5.10 Å². The lowest BCUT2D eigenvalue weighted by molar-refractivity contribution is 0.0322. The molecule has 0 unspecified atom stereocenters. The highest BCUT2D eigenvalue weighted by atomic mass is 16.5. The molecular weight excluding hydrogens is 404 g/mol. The van der Waals surface area contributed by atoms with Crippen molar-refractivity contribution in [2.45, 2.75) is 13.5 Å². The maximum absolute atomic E-state index is 12.9. The number of aryl methyl sites for hydroxylation is 2. The SMILES string of the molecule is Cc1ccc(C(=O)NCc2ccccc2OCCN2CCOCC2)cc1-c1cnn(C)c1. The van der Waals surface area contributed by atoms with Gasteiger partial charge in [-0.05, 0) is 36.2 Å². The van der Waals surface area contributed by atoms with Crippen molar-refractivity contribution in [3.63, 3.8) is 0 Å². The fourth-order valence-corrected chi connectivity index (χ4v) is 3.81. The third-order valence-electron chi connectivity index (χ3n) is 5.70. The van der Waals surface area contributed by atoms with Crippen LogP contribution in [-0.4, -0.2) is 60.0 Å². The van der Waals surface area contributed by atoms with E-state index >= 15 is 0 Å². The Kier molecular flexibility index (Phi) is 7.19. The van der Waals surface area contributed by atoms with Crippen molar-refractivity contribution in [2.24, 2.45) is 7.05 Å². The number of nitrogens with one attached hydrogen (secondary N) is 1. The van der Waals surface area contributed by atoms with Gasteiger partial charge < -0.3 is 14.8 Å². The van der Waals surface area contributed by atoms with Gasteiger partial charge in [-0.3, -0.25) is 14.4 Å². The molecule has 2 heterocycles. The first kappa shape index (κ1) is 22.0. The number of ether oxygens (including phenoxy) is 2. The second-order valence-electron chi connectivity index (χ2n) is 8.03. The molecule has 0 aliphatic carbocycles. The molecule has 1 saturated heterocycles. The van der Waals surface area contributed by atoms with Crippen LogP contribution in [0.1, 0.15) is 21.5 Å². The number of morpholine rings is 1. The molecule has 0 bridgehead atoms. The molecule has 1 N–H and O–H groups in total. The number of carbonyl (C=O) groups excluding carboxylic acids is 1. The average molecular weight is 435 g/mol. The number of carbonyl (C=O) groups is 1.